The van der Waals surface area contributed by atoms with Crippen LogP contribution in [0.15, 0.2) is 30.3 Å². The molecule has 1 aromatic rings. The molecule has 0 saturated carbocycles. The Hall–Kier alpha value is -1.84. The number of nitrogens with zero attached hydrogens (tertiary/aromatic N) is 1. The number of rotatable bonds is 8. The van der Waals surface area contributed by atoms with Crippen molar-refractivity contribution in [2.75, 3.05) is 6.54 Å². The first-order valence-corrected chi connectivity index (χ1v) is 9.13. The van der Waals surface area contributed by atoms with E-state index in [9.17, 15) is 9.59 Å². The zero-order chi connectivity index (χ0) is 19.0. The van der Waals surface area contributed by atoms with Crippen molar-refractivity contribution in [3.05, 3.63) is 35.9 Å². The maximum atomic E-state index is 12.5. The van der Waals surface area contributed by atoms with Gasteiger partial charge in [-0.1, -0.05) is 51.1 Å². The van der Waals surface area contributed by atoms with Crippen LogP contribution in [0.5, 0.6) is 0 Å². The maximum absolute atomic E-state index is 12.5. The third-order valence-electron chi connectivity index (χ3n) is 3.87. The van der Waals surface area contributed by atoms with Gasteiger partial charge in [-0.3, -0.25) is 4.79 Å². The molecule has 0 N–H and O–H groups in total. The summed E-state index contributed by atoms with van der Waals surface area (Å²) in [5, 5.41) is 0. The normalized spacial score (nSPS) is 12.8. The molecule has 1 rings (SSSR count). The fourth-order valence-corrected chi connectivity index (χ4v) is 2.70. The molecule has 0 bridgehead atoms. The minimum atomic E-state index is -0.555. The third-order valence-corrected chi connectivity index (χ3v) is 3.87. The van der Waals surface area contributed by atoms with Crippen LogP contribution in [-0.4, -0.2) is 28.9 Å². The zero-order valence-electron chi connectivity index (χ0n) is 16.5. The summed E-state index contributed by atoms with van der Waals surface area (Å²) in [7, 11) is 0. The van der Waals surface area contributed by atoms with Crippen molar-refractivity contribution in [2.45, 2.75) is 66.5 Å². The molecule has 0 aliphatic carbocycles. The van der Waals surface area contributed by atoms with E-state index in [0.717, 1.165) is 12.0 Å². The number of carbonyl (C=O) groups excluding carboxylic acids is 2. The van der Waals surface area contributed by atoms with Crippen LogP contribution in [0, 0.1) is 11.8 Å². The van der Waals surface area contributed by atoms with Crippen molar-refractivity contribution in [3.8, 4) is 0 Å². The van der Waals surface area contributed by atoms with E-state index in [0.29, 0.717) is 25.4 Å². The van der Waals surface area contributed by atoms with Crippen molar-refractivity contribution >= 4 is 11.9 Å². The summed E-state index contributed by atoms with van der Waals surface area (Å²) < 4.78 is 5.51. The van der Waals surface area contributed by atoms with Gasteiger partial charge in [-0.15, -0.1) is 0 Å². The molecule has 0 fully saturated rings. The van der Waals surface area contributed by atoms with Gasteiger partial charge in [0.25, 0.3) is 0 Å². The standard InChI is InChI=1S/C21H33NO3/c1-16(2)14-17(3)19(23)12-13-22(20(24)25-21(4,5)6)15-18-10-8-7-9-11-18/h7-11,16-17H,12-15H2,1-6H3. The Bertz CT molecular complexity index is 546. The van der Waals surface area contributed by atoms with Gasteiger partial charge in [0, 0.05) is 25.4 Å². The summed E-state index contributed by atoms with van der Waals surface area (Å²) in [6, 6.07) is 9.77. The van der Waals surface area contributed by atoms with Crippen LogP contribution in [-0.2, 0) is 16.1 Å². The molecule has 0 aliphatic heterocycles. The van der Waals surface area contributed by atoms with E-state index in [1.807, 2.05) is 58.0 Å². The first kappa shape index (κ1) is 21.2. The predicted molar refractivity (Wildman–Crippen MR) is 101 cm³/mol. The van der Waals surface area contributed by atoms with Crippen LogP contribution < -0.4 is 0 Å². The van der Waals surface area contributed by atoms with Gasteiger partial charge in [0.05, 0.1) is 0 Å². The lowest BCUT2D eigenvalue weighted by molar-refractivity contribution is -0.123. The van der Waals surface area contributed by atoms with Crippen molar-refractivity contribution < 1.29 is 14.3 Å². The van der Waals surface area contributed by atoms with Gasteiger partial charge >= 0.3 is 6.09 Å². The van der Waals surface area contributed by atoms with E-state index in [1.165, 1.54) is 0 Å². The predicted octanol–water partition coefficient (Wildman–Crippen LogP) is 5.07. The van der Waals surface area contributed by atoms with Crippen molar-refractivity contribution in [1.29, 1.82) is 0 Å². The van der Waals surface area contributed by atoms with Crippen LogP contribution in [0.2, 0.25) is 0 Å². The molecule has 0 aromatic heterocycles. The van der Waals surface area contributed by atoms with Crippen LogP contribution >= 0.6 is 0 Å². The number of Topliss-reactive ketones (excluding diaryl/α,β-unsaturated/α-hetero) is 1. The Kier molecular flexibility index (Phi) is 8.14. The molecule has 4 heteroatoms. The molecular formula is C21H33NO3. The SMILES string of the molecule is CC(C)CC(C)C(=O)CCN(Cc1ccccc1)C(=O)OC(C)(C)C. The number of hydrogen-bond donors (Lipinski definition) is 0. The van der Waals surface area contributed by atoms with Gasteiger partial charge in [0.15, 0.2) is 0 Å². The highest BCUT2D eigenvalue weighted by Gasteiger charge is 2.24. The lowest BCUT2D eigenvalue weighted by Gasteiger charge is -2.27. The second-order valence-corrected chi connectivity index (χ2v) is 8.13. The van der Waals surface area contributed by atoms with E-state index in [4.69, 9.17) is 4.74 Å². The fraction of sp³-hybridized carbons (Fsp3) is 0.619. The largest absolute Gasteiger partial charge is 0.444 e. The molecule has 1 amide bonds. The van der Waals surface area contributed by atoms with Crippen molar-refractivity contribution in [1.82, 2.24) is 4.90 Å². The Labute approximate surface area is 152 Å². The second-order valence-electron chi connectivity index (χ2n) is 8.13. The lowest BCUT2D eigenvalue weighted by Crippen LogP contribution is -2.38. The first-order valence-electron chi connectivity index (χ1n) is 9.13. The number of ether oxygens (including phenoxy) is 1. The van der Waals surface area contributed by atoms with E-state index in [1.54, 1.807) is 4.90 Å². The van der Waals surface area contributed by atoms with Crippen LogP contribution in [0.4, 0.5) is 4.79 Å². The highest BCUT2D eigenvalue weighted by atomic mass is 16.6. The smallest absolute Gasteiger partial charge is 0.410 e. The zero-order valence-corrected chi connectivity index (χ0v) is 16.5. The molecule has 0 spiro atoms. The van der Waals surface area contributed by atoms with Gasteiger partial charge in [-0.25, -0.2) is 4.79 Å². The topological polar surface area (TPSA) is 46.6 Å². The number of hydrogen-bond acceptors (Lipinski definition) is 3. The number of benzene rings is 1. The number of amides is 1. The summed E-state index contributed by atoms with van der Waals surface area (Å²) in [6.45, 7) is 12.6. The molecule has 4 nitrogen and oxygen atoms in total. The van der Waals surface area contributed by atoms with Gasteiger partial charge in [-0.05, 0) is 38.7 Å². The highest BCUT2D eigenvalue weighted by Crippen LogP contribution is 2.16. The van der Waals surface area contributed by atoms with Crippen molar-refractivity contribution in [3.63, 3.8) is 0 Å². The average molecular weight is 347 g/mol. The maximum Gasteiger partial charge on any atom is 0.410 e. The molecule has 25 heavy (non-hydrogen) atoms. The van der Waals surface area contributed by atoms with E-state index in [2.05, 4.69) is 13.8 Å². The lowest BCUT2D eigenvalue weighted by atomic mass is 9.93. The quantitative estimate of drug-likeness (QED) is 0.660. The monoisotopic (exact) mass is 347 g/mol. The van der Waals surface area contributed by atoms with Crippen LogP contribution in [0.3, 0.4) is 0 Å². The summed E-state index contributed by atoms with van der Waals surface area (Å²) >= 11 is 0. The minimum Gasteiger partial charge on any atom is -0.444 e. The van der Waals surface area contributed by atoms with Crippen LogP contribution in [0.1, 0.15) is 59.9 Å². The van der Waals surface area contributed by atoms with E-state index >= 15 is 0 Å². The summed E-state index contributed by atoms with van der Waals surface area (Å²) in [4.78, 5) is 26.5. The van der Waals surface area contributed by atoms with Gasteiger partial charge in [0.2, 0.25) is 0 Å². The molecule has 1 atom stereocenters. The fourth-order valence-electron chi connectivity index (χ4n) is 2.70. The van der Waals surface area contributed by atoms with Crippen LogP contribution in [0.25, 0.3) is 0 Å². The van der Waals surface area contributed by atoms with Gasteiger partial charge in [0.1, 0.15) is 11.4 Å². The second kappa shape index (κ2) is 9.59. The first-order chi connectivity index (χ1) is 11.6. The average Bonchev–Trinajstić information content (AvgIpc) is 2.49. The molecule has 1 unspecified atom stereocenters. The molecule has 0 heterocycles. The molecule has 0 saturated heterocycles. The Morgan fingerprint density at radius 2 is 1.68 bits per heavy atom. The summed E-state index contributed by atoms with van der Waals surface area (Å²) in [6.07, 6.45) is 0.866. The Morgan fingerprint density at radius 3 is 2.20 bits per heavy atom. The van der Waals surface area contributed by atoms with Crippen molar-refractivity contribution in [2.24, 2.45) is 11.8 Å². The van der Waals surface area contributed by atoms with E-state index < -0.39 is 5.60 Å². The molecule has 0 aliphatic rings. The molecule has 140 valence electrons. The Morgan fingerprint density at radius 1 is 1.08 bits per heavy atom. The Balaban J connectivity index is 2.73. The summed E-state index contributed by atoms with van der Waals surface area (Å²) in [5.74, 6) is 0.720. The summed E-state index contributed by atoms with van der Waals surface area (Å²) in [5.41, 5.74) is 0.470. The molecular weight excluding hydrogens is 314 g/mol. The third kappa shape index (κ3) is 8.71. The number of ketones is 1. The number of carbonyl (C=O) groups is 2. The molecule has 1 aromatic carbocycles. The minimum absolute atomic E-state index is 0.0252. The van der Waals surface area contributed by atoms with Gasteiger partial charge in [-0.2, -0.15) is 0 Å². The van der Waals surface area contributed by atoms with Gasteiger partial charge < -0.3 is 9.64 Å². The molecule has 0 radical (unpaired) electrons. The van der Waals surface area contributed by atoms with E-state index in [-0.39, 0.29) is 17.8 Å². The highest BCUT2D eigenvalue weighted by molar-refractivity contribution is 5.81.